The van der Waals surface area contributed by atoms with Crippen LogP contribution in [0.4, 0.5) is 0 Å². The van der Waals surface area contributed by atoms with E-state index < -0.39 is 0 Å². The van der Waals surface area contributed by atoms with Crippen LogP contribution in [0.15, 0.2) is 53.4 Å². The fourth-order valence-corrected chi connectivity index (χ4v) is 4.02. The summed E-state index contributed by atoms with van der Waals surface area (Å²) >= 11 is 1.40. The molecule has 0 bridgehead atoms. The lowest BCUT2D eigenvalue weighted by molar-refractivity contribution is -0.910. The zero-order valence-electron chi connectivity index (χ0n) is 17.8. The Balaban J connectivity index is 2.06. The fraction of sp³-hybridized carbons (Fsp3) is 0.391. The summed E-state index contributed by atoms with van der Waals surface area (Å²) in [5.74, 6) is 0.223. The second-order valence-corrected chi connectivity index (χ2v) is 8.18. The van der Waals surface area contributed by atoms with Crippen molar-refractivity contribution in [3.05, 3.63) is 65.2 Å². The SMILES string of the molecule is CC[NH+](CC)Cc1ccccc1CNC(=O)c1ccccc1SCC(=O)N(C)C. The van der Waals surface area contributed by atoms with Crippen molar-refractivity contribution in [2.45, 2.75) is 31.8 Å². The summed E-state index contributed by atoms with van der Waals surface area (Å²) in [4.78, 5) is 28.6. The Morgan fingerprint density at radius 2 is 1.59 bits per heavy atom. The molecule has 2 aromatic rings. The molecule has 0 heterocycles. The largest absolute Gasteiger partial charge is 0.348 e. The average molecular weight is 415 g/mol. The first-order chi connectivity index (χ1) is 14.0. The number of rotatable bonds is 10. The first-order valence-corrected chi connectivity index (χ1v) is 11.0. The van der Waals surface area contributed by atoms with Crippen LogP contribution in [0.25, 0.3) is 0 Å². The van der Waals surface area contributed by atoms with Crippen LogP contribution < -0.4 is 10.2 Å². The zero-order chi connectivity index (χ0) is 21.2. The number of hydrogen-bond donors (Lipinski definition) is 2. The molecule has 2 rings (SSSR count). The molecule has 2 amide bonds. The number of quaternary nitrogens is 1. The molecule has 0 saturated heterocycles. The Kier molecular flexibility index (Phi) is 9.22. The highest BCUT2D eigenvalue weighted by Crippen LogP contribution is 2.23. The molecule has 0 unspecified atom stereocenters. The smallest absolute Gasteiger partial charge is 0.252 e. The van der Waals surface area contributed by atoms with Crippen LogP contribution in [-0.4, -0.2) is 49.7 Å². The summed E-state index contributed by atoms with van der Waals surface area (Å²) in [7, 11) is 3.47. The van der Waals surface area contributed by atoms with E-state index in [9.17, 15) is 9.59 Å². The molecule has 0 radical (unpaired) electrons. The van der Waals surface area contributed by atoms with Gasteiger partial charge >= 0.3 is 0 Å². The van der Waals surface area contributed by atoms with E-state index in [4.69, 9.17) is 0 Å². The van der Waals surface area contributed by atoms with Gasteiger partial charge in [0.25, 0.3) is 5.91 Å². The third-order valence-electron chi connectivity index (χ3n) is 4.98. The van der Waals surface area contributed by atoms with E-state index in [0.29, 0.717) is 17.9 Å². The van der Waals surface area contributed by atoms with E-state index >= 15 is 0 Å². The molecule has 0 aliphatic heterocycles. The Bertz CT molecular complexity index is 819. The van der Waals surface area contributed by atoms with E-state index in [2.05, 4.69) is 37.4 Å². The van der Waals surface area contributed by atoms with E-state index in [-0.39, 0.29) is 11.8 Å². The summed E-state index contributed by atoms with van der Waals surface area (Å²) in [6, 6.07) is 15.7. The van der Waals surface area contributed by atoms with Gasteiger partial charge < -0.3 is 15.1 Å². The van der Waals surface area contributed by atoms with Crippen molar-refractivity contribution in [1.29, 1.82) is 0 Å². The van der Waals surface area contributed by atoms with Gasteiger partial charge in [-0.15, -0.1) is 11.8 Å². The van der Waals surface area contributed by atoms with Gasteiger partial charge in [0.15, 0.2) is 0 Å². The van der Waals surface area contributed by atoms with Crippen LogP contribution in [0, 0.1) is 0 Å². The molecule has 0 atom stereocenters. The Hall–Kier alpha value is -2.31. The van der Waals surface area contributed by atoms with Crippen LogP contribution in [0.1, 0.15) is 35.3 Å². The molecule has 0 fully saturated rings. The fourth-order valence-electron chi connectivity index (χ4n) is 2.99. The summed E-state index contributed by atoms with van der Waals surface area (Å²) in [5, 5.41) is 3.06. The van der Waals surface area contributed by atoms with Crippen molar-refractivity contribution in [1.82, 2.24) is 10.2 Å². The lowest BCUT2D eigenvalue weighted by Gasteiger charge is -2.18. The molecule has 5 nitrogen and oxygen atoms in total. The molecule has 156 valence electrons. The van der Waals surface area contributed by atoms with E-state index in [1.54, 1.807) is 19.0 Å². The minimum Gasteiger partial charge on any atom is -0.348 e. The molecular formula is C23H32N3O2S+. The van der Waals surface area contributed by atoms with Gasteiger partial charge in [-0.2, -0.15) is 0 Å². The minimum atomic E-state index is -0.115. The van der Waals surface area contributed by atoms with Crippen LogP contribution >= 0.6 is 11.8 Å². The van der Waals surface area contributed by atoms with Crippen molar-refractivity contribution in [2.75, 3.05) is 32.9 Å². The van der Waals surface area contributed by atoms with Crippen LogP contribution in [0.3, 0.4) is 0 Å². The van der Waals surface area contributed by atoms with Gasteiger partial charge in [0.2, 0.25) is 5.91 Å². The Morgan fingerprint density at radius 3 is 2.24 bits per heavy atom. The zero-order valence-corrected chi connectivity index (χ0v) is 18.6. The predicted octanol–water partition coefficient (Wildman–Crippen LogP) is 2.22. The van der Waals surface area contributed by atoms with E-state index in [1.807, 2.05) is 30.3 Å². The summed E-state index contributed by atoms with van der Waals surface area (Å²) in [5.41, 5.74) is 3.02. The van der Waals surface area contributed by atoms with Gasteiger partial charge in [-0.25, -0.2) is 0 Å². The number of nitrogens with zero attached hydrogens (tertiary/aromatic N) is 1. The first-order valence-electron chi connectivity index (χ1n) is 10.1. The number of nitrogens with one attached hydrogen (secondary N) is 2. The standard InChI is InChI=1S/C23H31N3O2S/c1-5-26(6-2)16-19-12-8-7-11-18(19)15-24-23(28)20-13-9-10-14-21(20)29-17-22(27)25(3)4/h7-14H,5-6,15-17H2,1-4H3,(H,24,28)/p+1. The third-order valence-corrected chi connectivity index (χ3v) is 6.04. The molecule has 2 N–H and O–H groups in total. The van der Waals surface area contributed by atoms with Crippen molar-refractivity contribution in [3.8, 4) is 0 Å². The molecule has 6 heteroatoms. The molecule has 0 aliphatic rings. The van der Waals surface area contributed by atoms with Crippen molar-refractivity contribution < 1.29 is 14.5 Å². The number of carbonyl (C=O) groups is 2. The monoisotopic (exact) mass is 414 g/mol. The van der Waals surface area contributed by atoms with Gasteiger partial charge in [-0.3, -0.25) is 9.59 Å². The lowest BCUT2D eigenvalue weighted by atomic mass is 10.1. The van der Waals surface area contributed by atoms with Gasteiger partial charge in [0, 0.05) is 31.1 Å². The third kappa shape index (κ3) is 6.91. The molecule has 0 spiro atoms. The minimum absolute atomic E-state index is 0.0260. The maximum absolute atomic E-state index is 12.8. The predicted molar refractivity (Wildman–Crippen MR) is 119 cm³/mol. The summed E-state index contributed by atoms with van der Waals surface area (Å²) in [6.45, 7) is 7.99. The van der Waals surface area contributed by atoms with Crippen LogP contribution in [-0.2, 0) is 17.9 Å². The average Bonchev–Trinajstić information content (AvgIpc) is 2.74. The molecule has 0 aliphatic carbocycles. The van der Waals surface area contributed by atoms with Crippen LogP contribution in [0.2, 0.25) is 0 Å². The second kappa shape index (κ2) is 11.6. The Morgan fingerprint density at radius 1 is 0.966 bits per heavy atom. The van der Waals surface area contributed by atoms with Crippen LogP contribution in [0.5, 0.6) is 0 Å². The van der Waals surface area contributed by atoms with Gasteiger partial charge in [0.05, 0.1) is 24.4 Å². The molecule has 0 saturated carbocycles. The number of thioether (sulfide) groups is 1. The highest BCUT2D eigenvalue weighted by atomic mass is 32.2. The maximum atomic E-state index is 12.8. The lowest BCUT2D eigenvalue weighted by Crippen LogP contribution is -3.10. The van der Waals surface area contributed by atoms with Gasteiger partial charge in [-0.1, -0.05) is 36.4 Å². The molecule has 0 aromatic heterocycles. The summed E-state index contributed by atoms with van der Waals surface area (Å²) < 4.78 is 0. The van der Waals surface area contributed by atoms with E-state index in [0.717, 1.165) is 30.1 Å². The van der Waals surface area contributed by atoms with Gasteiger partial charge in [-0.05, 0) is 31.5 Å². The quantitative estimate of drug-likeness (QED) is 0.586. The second-order valence-electron chi connectivity index (χ2n) is 7.16. The maximum Gasteiger partial charge on any atom is 0.252 e. The number of hydrogen-bond acceptors (Lipinski definition) is 3. The highest BCUT2D eigenvalue weighted by Gasteiger charge is 2.15. The number of amides is 2. The number of carbonyl (C=O) groups excluding carboxylic acids is 2. The van der Waals surface area contributed by atoms with E-state index in [1.165, 1.54) is 22.2 Å². The topological polar surface area (TPSA) is 53.9 Å². The normalized spacial score (nSPS) is 10.8. The van der Waals surface area contributed by atoms with Crippen molar-refractivity contribution >= 4 is 23.6 Å². The van der Waals surface area contributed by atoms with Crippen molar-refractivity contribution in [3.63, 3.8) is 0 Å². The Labute approximate surface area is 178 Å². The van der Waals surface area contributed by atoms with Gasteiger partial charge in [0.1, 0.15) is 6.54 Å². The first kappa shape index (κ1) is 23.0. The molecule has 2 aromatic carbocycles. The number of benzene rings is 2. The molecule has 29 heavy (non-hydrogen) atoms. The molecular weight excluding hydrogens is 382 g/mol. The highest BCUT2D eigenvalue weighted by molar-refractivity contribution is 8.00. The van der Waals surface area contributed by atoms with Crippen molar-refractivity contribution in [2.24, 2.45) is 0 Å². The summed E-state index contributed by atoms with van der Waals surface area (Å²) in [6.07, 6.45) is 0.